The van der Waals surface area contributed by atoms with Crippen molar-refractivity contribution in [1.29, 1.82) is 0 Å². The maximum absolute atomic E-state index is 10.0. The zero-order valence-corrected chi connectivity index (χ0v) is 4.41. The molecule has 3 fully saturated rings. The third-order valence-corrected chi connectivity index (χ3v) is 2.42. The molecule has 0 aromatic carbocycles. The van der Waals surface area contributed by atoms with Gasteiger partial charge in [0, 0.05) is 16.8 Å². The van der Waals surface area contributed by atoms with E-state index in [1.165, 1.54) is 0 Å². The molecule has 8 heavy (non-hydrogen) atoms. The molecular weight excluding hydrogens is 106 g/mol. The summed E-state index contributed by atoms with van der Waals surface area (Å²) < 4.78 is 0. The van der Waals surface area contributed by atoms with Crippen LogP contribution in [-0.2, 0) is 0 Å². The topological polar surface area (TPSA) is 43.1 Å². The van der Waals surface area contributed by atoms with Crippen molar-refractivity contribution < 1.29 is 4.92 Å². The van der Waals surface area contributed by atoms with E-state index in [-0.39, 0.29) is 11.0 Å². The predicted octanol–water partition coefficient (Wildman–Crippen LogP) is 0.671. The first-order valence-electron chi connectivity index (χ1n) is 2.92. The Bertz CT molecular complexity index is 131. The van der Waals surface area contributed by atoms with Crippen molar-refractivity contribution in [3.63, 3.8) is 0 Å². The Morgan fingerprint density at radius 1 is 1.38 bits per heavy atom. The van der Waals surface area contributed by atoms with Crippen molar-refractivity contribution in [3.05, 3.63) is 10.1 Å². The van der Waals surface area contributed by atoms with Crippen molar-refractivity contribution in [2.24, 2.45) is 11.8 Å². The van der Waals surface area contributed by atoms with Gasteiger partial charge in [0.15, 0.2) is 0 Å². The van der Waals surface area contributed by atoms with Crippen LogP contribution in [-0.4, -0.2) is 11.0 Å². The molecule has 0 amide bonds. The van der Waals surface area contributed by atoms with Crippen molar-refractivity contribution in [1.82, 2.24) is 0 Å². The van der Waals surface area contributed by atoms with E-state index in [0.717, 1.165) is 12.8 Å². The molecule has 3 saturated carbocycles. The summed E-state index contributed by atoms with van der Waals surface area (Å²) in [5.74, 6) is 0.935. The Morgan fingerprint density at radius 2 is 1.88 bits per heavy atom. The lowest BCUT2D eigenvalue weighted by molar-refractivity contribution is -0.583. The Hall–Kier alpha value is -0.600. The molecule has 3 aliphatic carbocycles. The number of hydrogen-bond donors (Lipinski definition) is 0. The first kappa shape index (κ1) is 4.30. The zero-order valence-electron chi connectivity index (χ0n) is 4.41. The van der Waals surface area contributed by atoms with E-state index in [9.17, 15) is 10.1 Å². The smallest absolute Gasteiger partial charge is 0.218 e. The van der Waals surface area contributed by atoms with Crippen LogP contribution < -0.4 is 0 Å². The van der Waals surface area contributed by atoms with E-state index in [2.05, 4.69) is 0 Å². The Kier molecular flexibility index (Phi) is 0.558. The normalized spacial score (nSPS) is 49.2. The summed E-state index contributed by atoms with van der Waals surface area (Å²) in [6.07, 6.45) is 2.26. The summed E-state index contributed by atoms with van der Waals surface area (Å²) in [6.45, 7) is 0. The molecule has 3 rings (SSSR count). The van der Waals surface area contributed by atoms with Crippen LogP contribution in [0.1, 0.15) is 12.8 Å². The monoisotopic (exact) mass is 113 g/mol. The fourth-order valence-corrected chi connectivity index (χ4v) is 1.60. The Morgan fingerprint density at radius 3 is 1.88 bits per heavy atom. The summed E-state index contributed by atoms with van der Waals surface area (Å²) in [7, 11) is 0. The molecule has 44 valence electrons. The van der Waals surface area contributed by atoms with Crippen LogP contribution in [0.25, 0.3) is 0 Å². The third-order valence-electron chi connectivity index (χ3n) is 2.42. The van der Waals surface area contributed by atoms with Crippen LogP contribution in [0.4, 0.5) is 0 Å². The second-order valence-electron chi connectivity index (χ2n) is 2.77. The standard InChI is InChI=1S/C5H7NO2/c7-6(8)5-3-1-4(5)2-3/h3-5H,1-2H2. The lowest BCUT2D eigenvalue weighted by Gasteiger charge is -2.50. The van der Waals surface area contributed by atoms with E-state index in [1.807, 2.05) is 0 Å². The molecule has 0 N–H and O–H groups in total. The predicted molar refractivity (Wildman–Crippen MR) is 27.0 cm³/mol. The van der Waals surface area contributed by atoms with Crippen molar-refractivity contribution in [2.75, 3.05) is 0 Å². The second-order valence-corrected chi connectivity index (χ2v) is 2.77. The van der Waals surface area contributed by atoms with Crippen LogP contribution in [0.2, 0.25) is 0 Å². The van der Waals surface area contributed by atoms with Crippen LogP contribution in [0.5, 0.6) is 0 Å². The maximum Gasteiger partial charge on any atom is 0.218 e. The fourth-order valence-electron chi connectivity index (χ4n) is 1.60. The molecule has 3 nitrogen and oxygen atoms in total. The molecule has 3 heteroatoms. The summed E-state index contributed by atoms with van der Waals surface area (Å²) in [5, 5.41) is 10.0. The van der Waals surface area contributed by atoms with Gasteiger partial charge in [-0.25, -0.2) is 0 Å². The first-order chi connectivity index (χ1) is 3.79. The summed E-state index contributed by atoms with van der Waals surface area (Å²) in [6, 6.07) is -0.130. The van der Waals surface area contributed by atoms with E-state index < -0.39 is 0 Å². The van der Waals surface area contributed by atoms with Crippen molar-refractivity contribution in [2.45, 2.75) is 18.9 Å². The van der Waals surface area contributed by atoms with Gasteiger partial charge in [-0.3, -0.25) is 10.1 Å². The molecular formula is C5H7NO2. The molecule has 0 aromatic rings. The van der Waals surface area contributed by atoms with Gasteiger partial charge in [-0.2, -0.15) is 0 Å². The zero-order chi connectivity index (χ0) is 5.72. The van der Waals surface area contributed by atoms with Gasteiger partial charge in [-0.05, 0) is 12.8 Å². The Balaban J connectivity index is 2.03. The molecule has 0 aliphatic heterocycles. The minimum atomic E-state index is -0.130. The van der Waals surface area contributed by atoms with Gasteiger partial charge in [0.1, 0.15) is 0 Å². The van der Waals surface area contributed by atoms with Gasteiger partial charge in [-0.15, -0.1) is 0 Å². The van der Waals surface area contributed by atoms with Crippen LogP contribution in [0.3, 0.4) is 0 Å². The summed E-state index contributed by atoms with van der Waals surface area (Å²) in [4.78, 5) is 9.91. The second kappa shape index (κ2) is 1.04. The molecule has 0 atom stereocenters. The lowest BCUT2D eigenvalue weighted by Crippen LogP contribution is -2.58. The number of rotatable bonds is 1. The molecule has 0 saturated heterocycles. The van der Waals surface area contributed by atoms with Crippen molar-refractivity contribution in [3.8, 4) is 0 Å². The highest BCUT2D eigenvalue weighted by atomic mass is 16.6. The number of nitrogens with zero attached hydrogens (tertiary/aromatic N) is 1. The average Bonchev–Trinajstić information content (AvgIpc) is 1.14. The van der Waals surface area contributed by atoms with Crippen LogP contribution >= 0.6 is 0 Å². The summed E-state index contributed by atoms with van der Waals surface area (Å²) in [5.41, 5.74) is 0. The Labute approximate surface area is 46.8 Å². The highest BCUT2D eigenvalue weighted by Gasteiger charge is 2.60. The van der Waals surface area contributed by atoms with Gasteiger partial charge in [0.25, 0.3) is 0 Å². The molecule has 2 bridgehead atoms. The molecule has 0 unspecified atom stereocenters. The van der Waals surface area contributed by atoms with Gasteiger partial charge in [-0.1, -0.05) is 0 Å². The lowest BCUT2D eigenvalue weighted by atomic mass is 9.52. The summed E-state index contributed by atoms with van der Waals surface area (Å²) >= 11 is 0. The first-order valence-corrected chi connectivity index (χ1v) is 2.92. The van der Waals surface area contributed by atoms with Gasteiger partial charge in [0.2, 0.25) is 6.04 Å². The molecule has 0 radical (unpaired) electrons. The van der Waals surface area contributed by atoms with Crippen LogP contribution in [0, 0.1) is 22.0 Å². The SMILES string of the molecule is O=[N+]([O-])C1C2CC1C2. The molecule has 0 aromatic heterocycles. The van der Waals surface area contributed by atoms with Gasteiger partial charge < -0.3 is 0 Å². The average molecular weight is 113 g/mol. The third kappa shape index (κ3) is 0.278. The highest BCUT2D eigenvalue weighted by molar-refractivity contribution is 5.02. The van der Waals surface area contributed by atoms with E-state index in [0.29, 0.717) is 11.8 Å². The maximum atomic E-state index is 10.0. The van der Waals surface area contributed by atoms with Crippen molar-refractivity contribution >= 4 is 0 Å². The minimum absolute atomic E-state index is 0.123. The highest BCUT2D eigenvalue weighted by Crippen LogP contribution is 2.54. The quantitative estimate of drug-likeness (QED) is 0.370. The molecule has 3 aliphatic rings. The fraction of sp³-hybridized carbons (Fsp3) is 1.00. The van der Waals surface area contributed by atoms with E-state index in [1.54, 1.807) is 0 Å². The number of hydrogen-bond acceptors (Lipinski definition) is 2. The molecule has 0 spiro atoms. The largest absolute Gasteiger partial charge is 0.264 e. The van der Waals surface area contributed by atoms with Gasteiger partial charge in [0.05, 0.1) is 0 Å². The van der Waals surface area contributed by atoms with E-state index in [4.69, 9.17) is 0 Å². The van der Waals surface area contributed by atoms with E-state index >= 15 is 0 Å². The molecule has 0 heterocycles. The number of nitro groups is 1. The minimum Gasteiger partial charge on any atom is -0.264 e. The van der Waals surface area contributed by atoms with Crippen LogP contribution in [0.15, 0.2) is 0 Å². The van der Waals surface area contributed by atoms with Gasteiger partial charge >= 0.3 is 0 Å².